The first-order chi connectivity index (χ1) is 14.7. The van der Waals surface area contributed by atoms with Crippen molar-refractivity contribution in [2.24, 2.45) is 0 Å². The van der Waals surface area contributed by atoms with Crippen molar-refractivity contribution in [3.63, 3.8) is 0 Å². The van der Waals surface area contributed by atoms with E-state index in [9.17, 15) is 18.0 Å². The number of benzene rings is 2. The molecule has 0 fully saturated rings. The number of hydrogen-bond donors (Lipinski definition) is 0. The second-order valence-corrected chi connectivity index (χ2v) is 11.3. The van der Waals surface area contributed by atoms with E-state index in [-0.39, 0.29) is 5.52 Å². The average molecular weight is 479 g/mol. The number of fused-ring (bicyclic) bond motifs is 1. The molecule has 168 valence electrons. The standard InChI is InChI=1S/C23H21F3N2O2S2/c1-21(2,3)30-20(29)22(4,5)32-16-11-10-15-18(31-19(28-15)23(24,25)26)17(16)14-8-6-13(12-27)7-9-14/h6-11H,1-5H3. The number of thioether (sulfide) groups is 1. The second-order valence-electron chi connectivity index (χ2n) is 8.61. The van der Waals surface area contributed by atoms with Crippen molar-refractivity contribution in [1.82, 2.24) is 4.98 Å². The SMILES string of the molecule is CC(C)(C)OC(=O)C(C)(C)Sc1ccc2nc(C(F)(F)F)sc2c1-c1ccc(C#N)cc1. The molecule has 0 aliphatic heterocycles. The topological polar surface area (TPSA) is 63.0 Å². The van der Waals surface area contributed by atoms with Crippen LogP contribution in [0, 0.1) is 11.3 Å². The third-order valence-electron chi connectivity index (χ3n) is 4.32. The van der Waals surface area contributed by atoms with Crippen LogP contribution < -0.4 is 0 Å². The first-order valence-electron chi connectivity index (χ1n) is 9.65. The fraction of sp³-hybridized carbons (Fsp3) is 0.348. The summed E-state index contributed by atoms with van der Waals surface area (Å²) in [7, 11) is 0. The molecule has 2 aromatic carbocycles. The van der Waals surface area contributed by atoms with Gasteiger partial charge < -0.3 is 4.74 Å². The quantitative estimate of drug-likeness (QED) is 0.297. The molecule has 0 unspecified atom stereocenters. The molecule has 1 heterocycles. The summed E-state index contributed by atoms with van der Waals surface area (Å²) in [6.07, 6.45) is -4.56. The van der Waals surface area contributed by atoms with Crippen LogP contribution in [0.25, 0.3) is 21.3 Å². The number of nitrogens with zero attached hydrogens (tertiary/aromatic N) is 2. The van der Waals surface area contributed by atoms with Crippen LogP contribution in [-0.4, -0.2) is 21.3 Å². The lowest BCUT2D eigenvalue weighted by molar-refractivity contribution is -0.156. The monoisotopic (exact) mass is 478 g/mol. The van der Waals surface area contributed by atoms with Gasteiger partial charge in [0.05, 0.1) is 21.8 Å². The smallest absolute Gasteiger partial charge is 0.443 e. The molecule has 0 spiro atoms. The lowest BCUT2D eigenvalue weighted by Crippen LogP contribution is -2.36. The molecule has 0 bridgehead atoms. The fourth-order valence-corrected chi connectivity index (χ4v) is 5.08. The van der Waals surface area contributed by atoms with Gasteiger partial charge in [-0.15, -0.1) is 23.1 Å². The van der Waals surface area contributed by atoms with Crippen molar-refractivity contribution in [3.8, 4) is 17.2 Å². The maximum atomic E-state index is 13.3. The molecule has 0 radical (unpaired) electrons. The molecule has 0 saturated carbocycles. The van der Waals surface area contributed by atoms with Crippen molar-refractivity contribution in [1.29, 1.82) is 5.26 Å². The van der Waals surface area contributed by atoms with E-state index in [4.69, 9.17) is 10.00 Å². The highest BCUT2D eigenvalue weighted by atomic mass is 32.2. The van der Waals surface area contributed by atoms with Crippen LogP contribution in [-0.2, 0) is 15.7 Å². The van der Waals surface area contributed by atoms with E-state index >= 15 is 0 Å². The van der Waals surface area contributed by atoms with Gasteiger partial charge in [-0.1, -0.05) is 12.1 Å². The first kappa shape index (κ1) is 24.1. The summed E-state index contributed by atoms with van der Waals surface area (Å²) >= 11 is 1.78. The molecule has 3 aromatic rings. The molecule has 0 aliphatic rings. The van der Waals surface area contributed by atoms with E-state index < -0.39 is 27.5 Å². The predicted octanol–water partition coefficient (Wildman–Crippen LogP) is 7.07. The molecule has 32 heavy (non-hydrogen) atoms. The average Bonchev–Trinajstić information content (AvgIpc) is 3.11. The van der Waals surface area contributed by atoms with Crippen molar-refractivity contribution < 1.29 is 22.7 Å². The van der Waals surface area contributed by atoms with Gasteiger partial charge in [0.1, 0.15) is 10.3 Å². The number of ether oxygens (including phenoxy) is 1. The Kier molecular flexibility index (Phi) is 6.33. The Morgan fingerprint density at radius 3 is 2.22 bits per heavy atom. The van der Waals surface area contributed by atoms with Gasteiger partial charge in [0.15, 0.2) is 5.01 Å². The van der Waals surface area contributed by atoms with Crippen LogP contribution in [0.15, 0.2) is 41.3 Å². The van der Waals surface area contributed by atoms with E-state index in [1.807, 2.05) is 6.07 Å². The molecule has 9 heteroatoms. The molecule has 0 aliphatic carbocycles. The van der Waals surface area contributed by atoms with E-state index in [1.54, 1.807) is 65.0 Å². The maximum Gasteiger partial charge on any atom is 0.443 e. The number of halogens is 3. The lowest BCUT2D eigenvalue weighted by Gasteiger charge is -2.28. The summed E-state index contributed by atoms with van der Waals surface area (Å²) in [5.74, 6) is -0.429. The molecule has 0 amide bonds. The molecule has 1 aromatic heterocycles. The third kappa shape index (κ3) is 5.25. The molecule has 0 N–H and O–H groups in total. The van der Waals surface area contributed by atoms with E-state index in [2.05, 4.69) is 4.98 Å². The van der Waals surface area contributed by atoms with Gasteiger partial charge in [0.2, 0.25) is 0 Å². The summed E-state index contributed by atoms with van der Waals surface area (Å²) in [6, 6.07) is 11.8. The third-order valence-corrected chi connectivity index (χ3v) is 6.69. The number of rotatable bonds is 4. The number of alkyl halides is 3. The van der Waals surface area contributed by atoms with Gasteiger partial charge in [-0.25, -0.2) is 4.98 Å². The number of esters is 1. The van der Waals surface area contributed by atoms with Crippen LogP contribution in [0.5, 0.6) is 0 Å². The molecular formula is C23H21F3N2O2S2. The van der Waals surface area contributed by atoms with Crippen LogP contribution >= 0.6 is 23.1 Å². The van der Waals surface area contributed by atoms with Gasteiger partial charge in [-0.2, -0.15) is 18.4 Å². The molecule has 0 saturated heterocycles. The second kappa shape index (κ2) is 8.41. The number of aromatic nitrogens is 1. The minimum atomic E-state index is -4.56. The zero-order valence-electron chi connectivity index (χ0n) is 18.1. The Labute approximate surface area is 192 Å². The van der Waals surface area contributed by atoms with E-state index in [0.29, 0.717) is 37.6 Å². The molecule has 3 rings (SSSR count). The summed E-state index contributed by atoms with van der Waals surface area (Å²) in [6.45, 7) is 8.75. The van der Waals surface area contributed by atoms with Crippen LogP contribution in [0.1, 0.15) is 45.2 Å². The first-order valence-corrected chi connectivity index (χ1v) is 11.3. The minimum absolute atomic E-state index is 0.223. The van der Waals surface area contributed by atoms with Crippen LogP contribution in [0.3, 0.4) is 0 Å². The normalized spacial score (nSPS) is 12.6. The fourth-order valence-electron chi connectivity index (χ4n) is 2.88. The molecule has 0 atom stereocenters. The van der Waals surface area contributed by atoms with E-state index in [1.165, 1.54) is 17.8 Å². The van der Waals surface area contributed by atoms with Crippen molar-refractivity contribution >= 4 is 39.3 Å². The van der Waals surface area contributed by atoms with Crippen molar-refractivity contribution in [2.75, 3.05) is 0 Å². The summed E-state index contributed by atoms with van der Waals surface area (Å²) in [4.78, 5) is 17.2. The van der Waals surface area contributed by atoms with Crippen molar-refractivity contribution in [2.45, 2.75) is 56.0 Å². The highest BCUT2D eigenvalue weighted by Crippen LogP contribution is 2.46. The number of nitriles is 1. The highest BCUT2D eigenvalue weighted by molar-refractivity contribution is 8.01. The predicted molar refractivity (Wildman–Crippen MR) is 121 cm³/mol. The zero-order valence-corrected chi connectivity index (χ0v) is 19.8. The Balaban J connectivity index is 2.17. The number of thiazole rings is 1. The van der Waals surface area contributed by atoms with Gasteiger partial charge >= 0.3 is 12.1 Å². The highest BCUT2D eigenvalue weighted by Gasteiger charge is 2.37. The summed E-state index contributed by atoms with van der Waals surface area (Å²) in [5, 5.41) is 8.15. The van der Waals surface area contributed by atoms with Gasteiger partial charge in [-0.3, -0.25) is 4.79 Å². The Morgan fingerprint density at radius 2 is 1.69 bits per heavy atom. The zero-order chi connectivity index (χ0) is 23.9. The largest absolute Gasteiger partial charge is 0.459 e. The van der Waals surface area contributed by atoms with Gasteiger partial charge in [0.25, 0.3) is 0 Å². The van der Waals surface area contributed by atoms with Gasteiger partial charge in [-0.05, 0) is 64.4 Å². The van der Waals surface area contributed by atoms with Gasteiger partial charge in [0, 0.05) is 10.5 Å². The lowest BCUT2D eigenvalue weighted by atomic mass is 10.0. The van der Waals surface area contributed by atoms with E-state index in [0.717, 1.165) is 0 Å². The summed E-state index contributed by atoms with van der Waals surface area (Å²) in [5.41, 5.74) is 1.16. The molecule has 4 nitrogen and oxygen atoms in total. The number of carbonyl (C=O) groups excluding carboxylic acids is 1. The Hall–Kier alpha value is -2.57. The number of carbonyl (C=O) groups is 1. The van der Waals surface area contributed by atoms with Crippen LogP contribution in [0.4, 0.5) is 13.2 Å². The minimum Gasteiger partial charge on any atom is -0.459 e. The Bertz CT molecular complexity index is 1200. The van der Waals surface area contributed by atoms with Crippen LogP contribution in [0.2, 0.25) is 0 Å². The summed E-state index contributed by atoms with van der Waals surface area (Å²) < 4.78 is 44.9. The Morgan fingerprint density at radius 1 is 1.06 bits per heavy atom. The molecular weight excluding hydrogens is 457 g/mol. The number of hydrogen-bond acceptors (Lipinski definition) is 6. The maximum absolute atomic E-state index is 13.3. The van der Waals surface area contributed by atoms with Crippen molar-refractivity contribution in [3.05, 3.63) is 47.0 Å².